The Labute approximate surface area is 69.4 Å². The van der Waals surface area contributed by atoms with Gasteiger partial charge >= 0.3 is 0 Å². The van der Waals surface area contributed by atoms with Crippen LogP contribution in [-0.2, 0) is 0 Å². The minimum absolute atomic E-state index is 0.0131. The molecule has 0 saturated carbocycles. The maximum atomic E-state index is 12.8. The van der Waals surface area contributed by atoms with Gasteiger partial charge in [-0.2, -0.15) is 0 Å². The minimum atomic E-state index is -0.602. The Morgan fingerprint density at radius 3 is 2.09 bits per heavy atom. The summed E-state index contributed by atoms with van der Waals surface area (Å²) in [6.45, 7) is 0. The van der Waals surface area contributed by atoms with Gasteiger partial charge in [0.25, 0.3) is 0 Å². The normalized spacial score (nSPS) is 10.1. The molecule has 1 rings (SSSR count). The van der Waals surface area contributed by atoms with Crippen LogP contribution in [0.3, 0.4) is 0 Å². The maximum absolute atomic E-state index is 12.8. The summed E-state index contributed by atoms with van der Waals surface area (Å²) in [5, 5.41) is 0. The molecule has 0 N–H and O–H groups in total. The van der Waals surface area contributed by atoms with Gasteiger partial charge in [0.05, 0.1) is 4.90 Å². The van der Waals surface area contributed by atoms with Crippen molar-refractivity contribution in [1.29, 1.82) is 0 Å². The number of halogens is 2. The summed E-state index contributed by atoms with van der Waals surface area (Å²) in [5.74, 6) is -1.20. The molecule has 0 heterocycles. The lowest BCUT2D eigenvalue weighted by Crippen LogP contribution is -2.05. The molecule has 1 aromatic rings. The molecule has 0 fully saturated rings. The van der Waals surface area contributed by atoms with Crippen molar-refractivity contribution in [1.82, 2.24) is 0 Å². The summed E-state index contributed by atoms with van der Waals surface area (Å²) in [6.07, 6.45) is 1.61. The van der Waals surface area contributed by atoms with E-state index in [1.54, 1.807) is 6.26 Å². The molecule has 2 radical (unpaired) electrons. The van der Waals surface area contributed by atoms with Crippen LogP contribution in [0.5, 0.6) is 0 Å². The zero-order valence-corrected chi connectivity index (χ0v) is 6.71. The summed E-state index contributed by atoms with van der Waals surface area (Å²) >= 11 is 1.03. The molecule has 0 bridgehead atoms. The summed E-state index contributed by atoms with van der Waals surface area (Å²) in [4.78, 5) is 0.0131. The van der Waals surface area contributed by atoms with Crippen molar-refractivity contribution in [3.63, 3.8) is 0 Å². The van der Waals surface area contributed by atoms with Gasteiger partial charge in [0, 0.05) is 0 Å². The van der Waals surface area contributed by atoms with E-state index in [4.69, 9.17) is 7.85 Å². The topological polar surface area (TPSA) is 0 Å². The van der Waals surface area contributed by atoms with Gasteiger partial charge in [0.15, 0.2) is 0 Å². The van der Waals surface area contributed by atoms with E-state index in [0.717, 1.165) is 23.9 Å². The van der Waals surface area contributed by atoms with Crippen LogP contribution >= 0.6 is 11.8 Å². The van der Waals surface area contributed by atoms with Gasteiger partial charge in [-0.25, -0.2) is 8.78 Å². The van der Waals surface area contributed by atoms with Crippen molar-refractivity contribution in [3.05, 3.63) is 23.8 Å². The molecular weight excluding hydrogens is 165 g/mol. The largest absolute Gasteiger partial charge is 0.206 e. The van der Waals surface area contributed by atoms with Crippen LogP contribution in [0.15, 0.2) is 17.0 Å². The number of hydrogen-bond acceptors (Lipinski definition) is 1. The fourth-order valence-electron chi connectivity index (χ4n) is 0.774. The van der Waals surface area contributed by atoms with E-state index in [9.17, 15) is 8.78 Å². The van der Waals surface area contributed by atoms with Gasteiger partial charge in [-0.3, -0.25) is 0 Å². The first kappa shape index (κ1) is 8.59. The molecule has 0 aliphatic heterocycles. The number of thioether (sulfide) groups is 1. The van der Waals surface area contributed by atoms with Crippen LogP contribution in [0.25, 0.3) is 0 Å². The van der Waals surface area contributed by atoms with Gasteiger partial charge in [-0.15, -0.1) is 11.8 Å². The van der Waals surface area contributed by atoms with Crippen LogP contribution in [0.4, 0.5) is 8.78 Å². The fourth-order valence-corrected chi connectivity index (χ4v) is 1.28. The van der Waals surface area contributed by atoms with E-state index in [0.29, 0.717) is 0 Å². The molecule has 0 aliphatic carbocycles. The highest BCUT2D eigenvalue weighted by atomic mass is 32.2. The summed E-state index contributed by atoms with van der Waals surface area (Å²) in [6, 6.07) is 2.21. The lowest BCUT2D eigenvalue weighted by atomic mass is 9.96. The van der Waals surface area contributed by atoms with Gasteiger partial charge in [0.2, 0.25) is 0 Å². The first-order chi connectivity index (χ1) is 5.15. The number of rotatable bonds is 1. The van der Waals surface area contributed by atoms with E-state index in [2.05, 4.69) is 0 Å². The Morgan fingerprint density at radius 1 is 1.27 bits per heavy atom. The Bertz CT molecular complexity index is 252. The molecule has 4 heteroatoms. The third-order valence-electron chi connectivity index (χ3n) is 1.22. The van der Waals surface area contributed by atoms with Crippen LogP contribution in [0, 0.1) is 11.6 Å². The lowest BCUT2D eigenvalue weighted by molar-refractivity contribution is 0.543. The standard InChI is InChI=1S/C7H5BF2S/c1-11-7-5(9)2-4(8)3-6(7)10/h2-3H,1H3. The summed E-state index contributed by atoms with van der Waals surface area (Å²) in [7, 11) is 5.19. The molecule has 0 saturated heterocycles. The molecule has 1 aromatic carbocycles. The average Bonchev–Trinajstić information content (AvgIpc) is 1.85. The molecule has 0 unspecified atom stereocenters. The van der Waals surface area contributed by atoms with Crippen molar-refractivity contribution >= 4 is 25.1 Å². The van der Waals surface area contributed by atoms with E-state index < -0.39 is 11.6 Å². The molecule has 0 atom stereocenters. The maximum Gasteiger partial charge on any atom is 0.139 e. The monoisotopic (exact) mass is 170 g/mol. The Hall–Kier alpha value is -0.505. The Balaban J connectivity index is 3.25. The highest BCUT2D eigenvalue weighted by Gasteiger charge is 2.07. The Kier molecular flexibility index (Phi) is 2.55. The zero-order chi connectivity index (χ0) is 8.43. The van der Waals surface area contributed by atoms with Crippen molar-refractivity contribution in [2.24, 2.45) is 0 Å². The molecule has 0 nitrogen and oxygen atoms in total. The van der Waals surface area contributed by atoms with E-state index >= 15 is 0 Å². The van der Waals surface area contributed by atoms with Crippen LogP contribution in [0.2, 0.25) is 0 Å². The fraction of sp³-hybridized carbons (Fsp3) is 0.143. The molecule has 0 aromatic heterocycles. The van der Waals surface area contributed by atoms with Crippen molar-refractivity contribution in [3.8, 4) is 0 Å². The minimum Gasteiger partial charge on any atom is -0.206 e. The summed E-state index contributed by atoms with van der Waals surface area (Å²) < 4.78 is 25.5. The second-order valence-corrected chi connectivity index (χ2v) is 2.83. The van der Waals surface area contributed by atoms with Crippen LogP contribution in [-0.4, -0.2) is 14.1 Å². The Morgan fingerprint density at radius 2 is 1.73 bits per heavy atom. The molecule has 0 amide bonds. The van der Waals surface area contributed by atoms with Crippen molar-refractivity contribution in [2.75, 3.05) is 6.26 Å². The molecule has 56 valence electrons. The molecule has 0 aliphatic rings. The molecule has 11 heavy (non-hydrogen) atoms. The van der Waals surface area contributed by atoms with Crippen molar-refractivity contribution in [2.45, 2.75) is 4.90 Å². The van der Waals surface area contributed by atoms with Gasteiger partial charge in [-0.05, 0) is 18.4 Å². The third-order valence-corrected chi connectivity index (χ3v) is 2.02. The van der Waals surface area contributed by atoms with Crippen LogP contribution in [0.1, 0.15) is 0 Å². The predicted octanol–water partition coefficient (Wildman–Crippen LogP) is 1.48. The van der Waals surface area contributed by atoms with E-state index in [1.807, 2.05) is 0 Å². The van der Waals surface area contributed by atoms with E-state index in [-0.39, 0.29) is 10.4 Å². The van der Waals surface area contributed by atoms with Crippen LogP contribution < -0.4 is 5.46 Å². The average molecular weight is 170 g/mol. The molecular formula is C7H5BF2S. The molecule has 0 spiro atoms. The predicted molar refractivity (Wildman–Crippen MR) is 43.5 cm³/mol. The number of benzene rings is 1. The second kappa shape index (κ2) is 3.26. The number of hydrogen-bond donors (Lipinski definition) is 0. The van der Waals surface area contributed by atoms with Crippen molar-refractivity contribution < 1.29 is 8.78 Å². The summed E-state index contributed by atoms with van der Waals surface area (Å²) in [5.41, 5.74) is 0.109. The smallest absolute Gasteiger partial charge is 0.139 e. The highest BCUT2D eigenvalue weighted by molar-refractivity contribution is 7.98. The lowest BCUT2D eigenvalue weighted by Gasteiger charge is -2.01. The van der Waals surface area contributed by atoms with E-state index in [1.165, 1.54) is 0 Å². The third kappa shape index (κ3) is 1.74. The van der Waals surface area contributed by atoms with Gasteiger partial charge < -0.3 is 0 Å². The first-order valence-electron chi connectivity index (χ1n) is 2.93. The zero-order valence-electron chi connectivity index (χ0n) is 5.90. The van der Waals surface area contributed by atoms with Gasteiger partial charge in [0.1, 0.15) is 19.5 Å². The first-order valence-corrected chi connectivity index (χ1v) is 4.16. The second-order valence-electron chi connectivity index (χ2n) is 2.02. The van der Waals surface area contributed by atoms with Gasteiger partial charge in [-0.1, -0.05) is 5.46 Å². The quantitative estimate of drug-likeness (QED) is 0.454. The SMILES string of the molecule is [B]c1cc(F)c(SC)c(F)c1. The highest BCUT2D eigenvalue weighted by Crippen LogP contribution is 2.20.